The van der Waals surface area contributed by atoms with Gasteiger partial charge in [0, 0.05) is 32.5 Å². The van der Waals surface area contributed by atoms with Gasteiger partial charge in [0.25, 0.3) is 5.91 Å². The zero-order valence-electron chi connectivity index (χ0n) is 33.9. The van der Waals surface area contributed by atoms with Crippen molar-refractivity contribution < 1.29 is 33.6 Å². The van der Waals surface area contributed by atoms with E-state index in [9.17, 15) is 33.6 Å². The van der Waals surface area contributed by atoms with Gasteiger partial charge in [-0.1, -0.05) is 87.1 Å². The zero-order valence-corrected chi connectivity index (χ0v) is 33.9. The molecular weight excluding hydrogens is 676 g/mol. The Morgan fingerprint density at radius 3 is 2.08 bits per heavy atom. The summed E-state index contributed by atoms with van der Waals surface area (Å²) in [6, 6.07) is -4.21. The summed E-state index contributed by atoms with van der Waals surface area (Å²) in [6.07, 6.45) is 8.38. The van der Waals surface area contributed by atoms with Crippen molar-refractivity contribution in [3.05, 3.63) is 12.7 Å². The standard InChI is InChI=1S/C40H68N6O7/c1-11-17-29(34(49)36(51)41-21-12-2)42-35(50)27(5)45(22-16-18-26(3)4)37(52)33(28-19-14-13-15-20-28)44-38(53)43-30(39(6,7)8)25-46-31(47)23-40(9,10)24-32(46)48/h12,26-30,33H,2,11,13-25H2,1,3-10H3,(H,41,51)(H,42,50)(H2,43,44,53)/t27-,29?,30+,33-/m0/s1. The average molecular weight is 745 g/mol. The molecule has 53 heavy (non-hydrogen) atoms. The molecule has 4 N–H and O–H groups in total. The lowest BCUT2D eigenvalue weighted by atomic mass is 9.80. The van der Waals surface area contributed by atoms with Crippen molar-refractivity contribution in [2.75, 3.05) is 19.6 Å². The van der Waals surface area contributed by atoms with Gasteiger partial charge in [0.1, 0.15) is 12.1 Å². The molecule has 0 bridgehead atoms. The van der Waals surface area contributed by atoms with E-state index in [-0.39, 0.29) is 56.6 Å². The number of piperidine rings is 1. The second kappa shape index (κ2) is 20.6. The van der Waals surface area contributed by atoms with Gasteiger partial charge in [0.05, 0.1) is 12.1 Å². The van der Waals surface area contributed by atoms with E-state index in [4.69, 9.17) is 0 Å². The number of urea groups is 1. The molecule has 0 aromatic carbocycles. The molecule has 0 radical (unpaired) electrons. The van der Waals surface area contributed by atoms with Crippen molar-refractivity contribution in [3.8, 4) is 0 Å². The number of ketones is 1. The number of Topliss-reactive ketones (excluding diaryl/α,β-unsaturated/α-hetero) is 1. The fraction of sp³-hybridized carbons (Fsp3) is 0.775. The van der Waals surface area contributed by atoms with Crippen molar-refractivity contribution in [1.82, 2.24) is 31.1 Å². The predicted molar refractivity (Wildman–Crippen MR) is 205 cm³/mol. The Bertz CT molecular complexity index is 1300. The van der Waals surface area contributed by atoms with E-state index in [0.29, 0.717) is 18.8 Å². The van der Waals surface area contributed by atoms with Crippen LogP contribution in [0.25, 0.3) is 0 Å². The lowest BCUT2D eigenvalue weighted by molar-refractivity contribution is -0.153. The second-order valence-electron chi connectivity index (χ2n) is 17.3. The summed E-state index contributed by atoms with van der Waals surface area (Å²) in [5.74, 6) is -2.91. The van der Waals surface area contributed by atoms with E-state index in [0.717, 1.165) is 38.5 Å². The van der Waals surface area contributed by atoms with Crippen molar-refractivity contribution >= 4 is 41.4 Å². The van der Waals surface area contributed by atoms with E-state index in [1.165, 1.54) is 15.9 Å². The van der Waals surface area contributed by atoms with Gasteiger partial charge >= 0.3 is 6.03 Å². The van der Waals surface area contributed by atoms with Crippen LogP contribution in [-0.2, 0) is 28.8 Å². The van der Waals surface area contributed by atoms with Crippen LogP contribution in [0.1, 0.15) is 133 Å². The molecule has 7 amide bonds. The number of hydrogen-bond donors (Lipinski definition) is 4. The fourth-order valence-corrected chi connectivity index (χ4v) is 7.07. The number of imide groups is 1. The monoisotopic (exact) mass is 745 g/mol. The normalized spacial score (nSPS) is 18.7. The minimum atomic E-state index is -1.07. The zero-order chi connectivity index (χ0) is 40.1. The van der Waals surface area contributed by atoms with E-state index < -0.39 is 64.5 Å². The van der Waals surface area contributed by atoms with Crippen molar-refractivity contribution in [1.29, 1.82) is 0 Å². The molecule has 300 valence electrons. The quantitative estimate of drug-likeness (QED) is 0.0848. The molecule has 0 aromatic heterocycles. The minimum Gasteiger partial charge on any atom is -0.346 e. The highest BCUT2D eigenvalue weighted by Crippen LogP contribution is 2.33. The molecule has 13 nitrogen and oxygen atoms in total. The lowest BCUT2D eigenvalue weighted by Crippen LogP contribution is -2.62. The number of nitrogens with one attached hydrogen (secondary N) is 4. The van der Waals surface area contributed by atoms with E-state index in [1.54, 1.807) is 6.92 Å². The Morgan fingerprint density at radius 2 is 1.55 bits per heavy atom. The summed E-state index contributed by atoms with van der Waals surface area (Å²) in [7, 11) is 0. The van der Waals surface area contributed by atoms with Crippen LogP contribution in [0.5, 0.6) is 0 Å². The highest BCUT2D eigenvalue weighted by molar-refractivity contribution is 6.38. The number of nitrogens with zero attached hydrogens (tertiary/aromatic N) is 2. The molecular formula is C40H68N6O7. The highest BCUT2D eigenvalue weighted by atomic mass is 16.2. The predicted octanol–water partition coefficient (Wildman–Crippen LogP) is 4.63. The molecule has 2 aliphatic rings. The molecule has 0 spiro atoms. The van der Waals surface area contributed by atoms with Gasteiger partial charge in [0.15, 0.2) is 0 Å². The van der Waals surface area contributed by atoms with Crippen LogP contribution in [0.2, 0.25) is 0 Å². The highest BCUT2D eigenvalue weighted by Gasteiger charge is 2.42. The Labute approximate surface area is 317 Å². The Hall–Kier alpha value is -3.77. The smallest absolute Gasteiger partial charge is 0.315 e. The van der Waals surface area contributed by atoms with Crippen LogP contribution in [0.3, 0.4) is 0 Å². The summed E-state index contributed by atoms with van der Waals surface area (Å²) < 4.78 is 0. The van der Waals surface area contributed by atoms with Crippen molar-refractivity contribution in [2.45, 2.75) is 157 Å². The van der Waals surface area contributed by atoms with Gasteiger partial charge in [-0.3, -0.25) is 33.7 Å². The number of carbonyl (C=O) groups excluding carboxylic acids is 7. The van der Waals surface area contributed by atoms with E-state index in [1.807, 2.05) is 41.5 Å². The minimum absolute atomic E-state index is 0.00843. The van der Waals surface area contributed by atoms with Crippen LogP contribution in [0.4, 0.5) is 4.79 Å². The first kappa shape index (κ1) is 45.4. The molecule has 4 atom stereocenters. The molecule has 1 saturated heterocycles. The molecule has 0 aromatic rings. The maximum Gasteiger partial charge on any atom is 0.315 e. The van der Waals surface area contributed by atoms with Crippen LogP contribution < -0.4 is 21.3 Å². The van der Waals surface area contributed by atoms with Gasteiger partial charge in [-0.2, -0.15) is 0 Å². The Balaban J connectivity index is 2.38. The summed E-state index contributed by atoms with van der Waals surface area (Å²) in [5, 5.41) is 11.2. The van der Waals surface area contributed by atoms with E-state index in [2.05, 4.69) is 41.7 Å². The Morgan fingerprint density at radius 1 is 0.943 bits per heavy atom. The third-order valence-corrected chi connectivity index (χ3v) is 10.4. The Kier molecular flexibility index (Phi) is 17.7. The number of likely N-dealkylation sites (tertiary alicyclic amines) is 1. The molecule has 1 unspecified atom stereocenters. The second-order valence-corrected chi connectivity index (χ2v) is 17.3. The van der Waals surface area contributed by atoms with Crippen LogP contribution >= 0.6 is 0 Å². The third kappa shape index (κ3) is 14.2. The van der Waals surface area contributed by atoms with Crippen molar-refractivity contribution in [2.24, 2.45) is 22.7 Å². The van der Waals surface area contributed by atoms with E-state index >= 15 is 0 Å². The average Bonchev–Trinajstić information content (AvgIpc) is 3.07. The third-order valence-electron chi connectivity index (χ3n) is 10.4. The molecule has 1 saturated carbocycles. The van der Waals surface area contributed by atoms with Crippen molar-refractivity contribution in [3.63, 3.8) is 0 Å². The summed E-state index contributed by atoms with van der Waals surface area (Å²) in [4.78, 5) is 96.7. The molecule has 2 fully saturated rings. The number of hydrogen-bond acceptors (Lipinski definition) is 7. The molecule has 1 aliphatic heterocycles. The van der Waals surface area contributed by atoms with Gasteiger partial charge < -0.3 is 26.2 Å². The summed E-state index contributed by atoms with van der Waals surface area (Å²) in [6.45, 7) is 21.1. The summed E-state index contributed by atoms with van der Waals surface area (Å²) in [5.41, 5.74) is -0.971. The maximum atomic E-state index is 14.7. The summed E-state index contributed by atoms with van der Waals surface area (Å²) >= 11 is 0. The van der Waals surface area contributed by atoms with Gasteiger partial charge in [-0.15, -0.1) is 6.58 Å². The SMILES string of the molecule is C=CCNC(=O)C(=O)C(CCC)NC(=O)[C@H](C)N(CCCC(C)C)C(=O)[C@@H](NC(=O)N[C@H](CN1C(=O)CC(C)(C)CC1=O)C(C)(C)C)C1CCCCC1. The van der Waals surface area contributed by atoms with Crippen LogP contribution in [-0.4, -0.2) is 95.0 Å². The molecule has 2 rings (SSSR count). The topological polar surface area (TPSA) is 174 Å². The lowest BCUT2D eigenvalue weighted by Gasteiger charge is -2.40. The molecule has 1 heterocycles. The first-order chi connectivity index (χ1) is 24.7. The number of rotatable bonds is 19. The van der Waals surface area contributed by atoms with Crippen LogP contribution in [0, 0.1) is 22.7 Å². The van der Waals surface area contributed by atoms with Gasteiger partial charge in [0.2, 0.25) is 29.4 Å². The molecule has 13 heteroatoms. The molecule has 1 aliphatic carbocycles. The maximum absolute atomic E-state index is 14.7. The first-order valence-corrected chi connectivity index (χ1v) is 19.7. The number of amides is 7. The fourth-order valence-electron chi connectivity index (χ4n) is 7.07. The number of carbonyl (C=O) groups is 7. The van der Waals surface area contributed by atoms with Gasteiger partial charge in [-0.05, 0) is 61.7 Å². The van der Waals surface area contributed by atoms with Gasteiger partial charge in [-0.25, -0.2) is 4.79 Å². The first-order valence-electron chi connectivity index (χ1n) is 19.7. The largest absolute Gasteiger partial charge is 0.346 e. The van der Waals surface area contributed by atoms with Crippen LogP contribution in [0.15, 0.2) is 12.7 Å².